The lowest BCUT2D eigenvalue weighted by Gasteiger charge is -2.38. The zero-order valence-electron chi connectivity index (χ0n) is 10.9. The van der Waals surface area contributed by atoms with Crippen LogP contribution < -0.4 is 0 Å². The highest BCUT2D eigenvalue weighted by atomic mass is 19.4. The summed E-state index contributed by atoms with van der Waals surface area (Å²) in [5.41, 5.74) is -0.851. The number of hydrogen-bond donors (Lipinski definition) is 0. The number of aldehydes is 1. The molecule has 0 spiro atoms. The van der Waals surface area contributed by atoms with Gasteiger partial charge in [-0.05, 0) is 20.8 Å². The molecule has 0 aromatic heterocycles. The van der Waals surface area contributed by atoms with Gasteiger partial charge in [0.05, 0.1) is 13.2 Å². The van der Waals surface area contributed by atoms with E-state index >= 15 is 0 Å². The van der Waals surface area contributed by atoms with E-state index in [4.69, 9.17) is 4.74 Å². The van der Waals surface area contributed by atoms with Crippen molar-refractivity contribution >= 4 is 12.4 Å². The van der Waals surface area contributed by atoms with Gasteiger partial charge in [0.2, 0.25) is 0 Å². The first-order valence-corrected chi connectivity index (χ1v) is 5.68. The molecule has 1 aliphatic heterocycles. The third-order valence-corrected chi connectivity index (χ3v) is 2.38. The Morgan fingerprint density at radius 3 is 2.37 bits per heavy atom. The van der Waals surface area contributed by atoms with Gasteiger partial charge in [-0.3, -0.25) is 4.90 Å². The standard InChI is InChI=1S/C11H16F3NO4/c1-10(2,3)19-9(17)15-4-8(11(12,13)14)18-6-7(15)5-16/h5,7-8H,4,6H2,1-3H3. The van der Waals surface area contributed by atoms with Crippen LogP contribution in [0.1, 0.15) is 20.8 Å². The number of ether oxygens (including phenoxy) is 2. The number of carbonyl (C=O) groups excluding carboxylic acids is 2. The maximum absolute atomic E-state index is 12.6. The molecule has 0 aliphatic carbocycles. The van der Waals surface area contributed by atoms with Gasteiger partial charge in [0.15, 0.2) is 6.10 Å². The van der Waals surface area contributed by atoms with Crippen LogP contribution in [0.4, 0.5) is 18.0 Å². The van der Waals surface area contributed by atoms with Crippen LogP contribution in [0.3, 0.4) is 0 Å². The van der Waals surface area contributed by atoms with Crippen molar-refractivity contribution in [3.05, 3.63) is 0 Å². The minimum atomic E-state index is -4.59. The highest BCUT2D eigenvalue weighted by molar-refractivity contribution is 5.74. The number of halogens is 3. The summed E-state index contributed by atoms with van der Waals surface area (Å²) in [5.74, 6) is 0. The number of amides is 1. The number of rotatable bonds is 1. The van der Waals surface area contributed by atoms with Gasteiger partial charge in [0, 0.05) is 0 Å². The van der Waals surface area contributed by atoms with Crippen molar-refractivity contribution in [3.63, 3.8) is 0 Å². The van der Waals surface area contributed by atoms with Gasteiger partial charge in [0.1, 0.15) is 17.9 Å². The summed E-state index contributed by atoms with van der Waals surface area (Å²) in [6.07, 6.45) is -7.27. The van der Waals surface area contributed by atoms with Crippen molar-refractivity contribution in [2.75, 3.05) is 13.2 Å². The Hall–Kier alpha value is -1.31. The van der Waals surface area contributed by atoms with Gasteiger partial charge in [0.25, 0.3) is 0 Å². The van der Waals surface area contributed by atoms with Crippen molar-refractivity contribution in [1.29, 1.82) is 0 Å². The molecule has 1 heterocycles. The van der Waals surface area contributed by atoms with Crippen LogP contribution in [0.25, 0.3) is 0 Å². The molecule has 2 atom stereocenters. The van der Waals surface area contributed by atoms with Crippen LogP contribution in [-0.2, 0) is 14.3 Å². The maximum Gasteiger partial charge on any atom is 0.416 e. The van der Waals surface area contributed by atoms with E-state index in [1.54, 1.807) is 20.8 Å². The molecule has 5 nitrogen and oxygen atoms in total. The number of hydrogen-bond acceptors (Lipinski definition) is 4. The second kappa shape index (κ2) is 5.36. The Morgan fingerprint density at radius 1 is 1.37 bits per heavy atom. The fourth-order valence-corrected chi connectivity index (χ4v) is 1.51. The van der Waals surface area contributed by atoms with Gasteiger partial charge in [-0.15, -0.1) is 0 Å². The molecule has 0 aromatic rings. The van der Waals surface area contributed by atoms with Crippen molar-refractivity contribution in [2.45, 2.75) is 44.7 Å². The maximum atomic E-state index is 12.6. The van der Waals surface area contributed by atoms with Crippen LogP contribution in [0.15, 0.2) is 0 Å². The molecule has 1 rings (SSSR count). The van der Waals surface area contributed by atoms with E-state index < -0.39 is 43.2 Å². The fraction of sp³-hybridized carbons (Fsp3) is 0.818. The molecule has 2 unspecified atom stereocenters. The first kappa shape index (κ1) is 15.7. The lowest BCUT2D eigenvalue weighted by molar-refractivity contribution is -0.240. The molecule has 110 valence electrons. The van der Waals surface area contributed by atoms with E-state index in [1.807, 2.05) is 0 Å². The van der Waals surface area contributed by atoms with Gasteiger partial charge < -0.3 is 14.3 Å². The third kappa shape index (κ3) is 4.38. The molecule has 1 saturated heterocycles. The Bertz CT molecular complexity index is 351. The van der Waals surface area contributed by atoms with E-state index in [2.05, 4.69) is 4.74 Å². The Labute approximate surface area is 108 Å². The van der Waals surface area contributed by atoms with Crippen LogP contribution >= 0.6 is 0 Å². The molecule has 1 amide bonds. The van der Waals surface area contributed by atoms with E-state index in [0.717, 1.165) is 4.90 Å². The molecule has 8 heteroatoms. The quantitative estimate of drug-likeness (QED) is 0.688. The smallest absolute Gasteiger partial charge is 0.416 e. The predicted molar refractivity (Wildman–Crippen MR) is 58.6 cm³/mol. The highest BCUT2D eigenvalue weighted by Gasteiger charge is 2.47. The van der Waals surface area contributed by atoms with E-state index in [9.17, 15) is 22.8 Å². The summed E-state index contributed by atoms with van der Waals surface area (Å²) < 4.78 is 47.2. The van der Waals surface area contributed by atoms with Gasteiger partial charge in [-0.1, -0.05) is 0 Å². The van der Waals surface area contributed by atoms with Crippen LogP contribution in [-0.4, -0.2) is 54.4 Å². The summed E-state index contributed by atoms with van der Waals surface area (Å²) >= 11 is 0. The van der Waals surface area contributed by atoms with Crippen molar-refractivity contribution in [2.24, 2.45) is 0 Å². The van der Waals surface area contributed by atoms with Crippen LogP contribution in [0, 0.1) is 0 Å². The summed E-state index contributed by atoms with van der Waals surface area (Å²) in [5, 5.41) is 0. The largest absolute Gasteiger partial charge is 0.444 e. The first-order chi connectivity index (χ1) is 8.54. The zero-order valence-corrected chi connectivity index (χ0v) is 10.9. The zero-order chi connectivity index (χ0) is 14.8. The SMILES string of the molecule is CC(C)(C)OC(=O)N1CC(C(F)(F)F)OCC1C=O. The van der Waals surface area contributed by atoms with Crippen molar-refractivity contribution < 1.29 is 32.2 Å². The molecule has 0 N–H and O–H groups in total. The second-order valence-electron chi connectivity index (χ2n) is 5.20. The van der Waals surface area contributed by atoms with E-state index in [1.165, 1.54) is 0 Å². The molecule has 19 heavy (non-hydrogen) atoms. The Balaban J connectivity index is 2.81. The number of nitrogens with zero attached hydrogens (tertiary/aromatic N) is 1. The average Bonchev–Trinajstić information content (AvgIpc) is 2.24. The topological polar surface area (TPSA) is 55.8 Å². The first-order valence-electron chi connectivity index (χ1n) is 5.68. The van der Waals surface area contributed by atoms with E-state index in [-0.39, 0.29) is 0 Å². The summed E-state index contributed by atoms with van der Waals surface area (Å²) in [7, 11) is 0. The lowest BCUT2D eigenvalue weighted by Crippen LogP contribution is -2.57. The van der Waals surface area contributed by atoms with Gasteiger partial charge >= 0.3 is 12.3 Å². The molecule has 0 saturated carbocycles. The summed E-state index contributed by atoms with van der Waals surface area (Å²) in [4.78, 5) is 23.3. The minimum Gasteiger partial charge on any atom is -0.444 e. The fourth-order valence-electron chi connectivity index (χ4n) is 1.51. The third-order valence-electron chi connectivity index (χ3n) is 2.38. The predicted octanol–water partition coefficient (Wildman–Crippen LogP) is 1.75. The second-order valence-corrected chi connectivity index (χ2v) is 5.20. The molecule has 0 bridgehead atoms. The lowest BCUT2D eigenvalue weighted by atomic mass is 10.2. The van der Waals surface area contributed by atoms with Gasteiger partial charge in [-0.2, -0.15) is 13.2 Å². The van der Waals surface area contributed by atoms with Gasteiger partial charge in [-0.25, -0.2) is 4.79 Å². The Kier molecular flexibility index (Phi) is 4.44. The number of alkyl halides is 3. The molecule has 1 aliphatic rings. The van der Waals surface area contributed by atoms with Crippen molar-refractivity contribution in [1.82, 2.24) is 4.90 Å². The van der Waals surface area contributed by atoms with Crippen LogP contribution in [0.2, 0.25) is 0 Å². The summed E-state index contributed by atoms with van der Waals surface area (Å²) in [6, 6.07) is -1.06. The number of carbonyl (C=O) groups is 2. The minimum absolute atomic E-state index is 0.372. The van der Waals surface area contributed by atoms with E-state index in [0.29, 0.717) is 6.29 Å². The summed E-state index contributed by atoms with van der Waals surface area (Å²) in [6.45, 7) is 3.52. The molecular formula is C11H16F3NO4. The molecule has 0 aromatic carbocycles. The van der Waals surface area contributed by atoms with Crippen molar-refractivity contribution in [3.8, 4) is 0 Å². The molecule has 0 radical (unpaired) electrons. The average molecular weight is 283 g/mol. The normalized spacial score (nSPS) is 25.1. The monoisotopic (exact) mass is 283 g/mol. The number of morpholine rings is 1. The van der Waals surface area contributed by atoms with Crippen LogP contribution in [0.5, 0.6) is 0 Å². The molecule has 1 fully saturated rings. The molecular weight excluding hydrogens is 267 g/mol. The highest BCUT2D eigenvalue weighted by Crippen LogP contribution is 2.27. The Morgan fingerprint density at radius 2 is 1.95 bits per heavy atom.